The Labute approximate surface area is 98.4 Å². The van der Waals surface area contributed by atoms with Crippen LogP contribution in [0.15, 0.2) is 12.1 Å². The van der Waals surface area contributed by atoms with Crippen LogP contribution >= 0.6 is 15.9 Å². The van der Waals surface area contributed by atoms with Gasteiger partial charge < -0.3 is 5.32 Å². The number of alkyl halides is 1. The van der Waals surface area contributed by atoms with Gasteiger partial charge in [-0.1, -0.05) is 15.9 Å². The molecule has 3 nitrogen and oxygen atoms in total. The lowest BCUT2D eigenvalue weighted by molar-refractivity contribution is 0.0953. The van der Waals surface area contributed by atoms with Gasteiger partial charge in [0.05, 0.1) is 11.3 Å². The van der Waals surface area contributed by atoms with E-state index in [1.54, 1.807) is 0 Å². The second kappa shape index (κ2) is 5.85. The molecule has 4 heteroatoms. The molecule has 0 aliphatic rings. The molecule has 15 heavy (non-hydrogen) atoms. The van der Waals surface area contributed by atoms with Crippen LogP contribution in [-0.4, -0.2) is 22.8 Å². The van der Waals surface area contributed by atoms with Gasteiger partial charge in [0.1, 0.15) is 0 Å². The largest absolute Gasteiger partial charge is 0.352 e. The first-order valence-corrected chi connectivity index (χ1v) is 6.05. The van der Waals surface area contributed by atoms with Crippen LogP contribution in [0.2, 0.25) is 0 Å². The fraction of sp³-hybridized carbons (Fsp3) is 0.455. The first kappa shape index (κ1) is 12.2. The van der Waals surface area contributed by atoms with Gasteiger partial charge in [-0.3, -0.25) is 9.78 Å². The monoisotopic (exact) mass is 270 g/mol. The van der Waals surface area contributed by atoms with E-state index >= 15 is 0 Å². The first-order chi connectivity index (χ1) is 7.15. The van der Waals surface area contributed by atoms with Gasteiger partial charge in [-0.2, -0.15) is 0 Å². The smallest absolute Gasteiger partial charge is 0.253 e. The molecule has 0 spiro atoms. The Morgan fingerprint density at radius 2 is 2.20 bits per heavy atom. The minimum atomic E-state index is -0.0408. The van der Waals surface area contributed by atoms with E-state index in [1.807, 2.05) is 26.0 Å². The van der Waals surface area contributed by atoms with Crippen LogP contribution in [0, 0.1) is 13.8 Å². The van der Waals surface area contributed by atoms with Crippen LogP contribution in [0.5, 0.6) is 0 Å². The molecule has 0 bridgehead atoms. The summed E-state index contributed by atoms with van der Waals surface area (Å²) < 4.78 is 0. The Bertz CT molecular complexity index is 352. The topological polar surface area (TPSA) is 42.0 Å². The standard InChI is InChI=1S/C11H15BrN2O/c1-8-4-5-10(9(2)14-8)11(15)13-7-3-6-12/h4-5H,3,6-7H2,1-2H3,(H,13,15). The molecule has 1 amide bonds. The molecule has 82 valence electrons. The van der Waals surface area contributed by atoms with Crippen molar-refractivity contribution in [3.05, 3.63) is 29.1 Å². The van der Waals surface area contributed by atoms with Gasteiger partial charge in [0, 0.05) is 17.6 Å². The van der Waals surface area contributed by atoms with Gasteiger partial charge in [-0.05, 0) is 32.4 Å². The summed E-state index contributed by atoms with van der Waals surface area (Å²) in [5.74, 6) is -0.0408. The molecule has 0 aromatic carbocycles. The maximum atomic E-state index is 11.7. The van der Waals surface area contributed by atoms with Gasteiger partial charge in [0.15, 0.2) is 0 Å². The average molecular weight is 271 g/mol. The lowest BCUT2D eigenvalue weighted by Gasteiger charge is -2.06. The zero-order chi connectivity index (χ0) is 11.3. The van der Waals surface area contributed by atoms with Gasteiger partial charge in [0.2, 0.25) is 0 Å². The lowest BCUT2D eigenvalue weighted by Crippen LogP contribution is -2.25. The quantitative estimate of drug-likeness (QED) is 0.674. The predicted octanol–water partition coefficient (Wildman–Crippen LogP) is 2.21. The minimum absolute atomic E-state index is 0.0408. The molecule has 0 saturated carbocycles. The van der Waals surface area contributed by atoms with Crippen molar-refractivity contribution in [2.75, 3.05) is 11.9 Å². The van der Waals surface area contributed by atoms with E-state index in [0.29, 0.717) is 12.1 Å². The van der Waals surface area contributed by atoms with Crippen molar-refractivity contribution in [3.63, 3.8) is 0 Å². The SMILES string of the molecule is Cc1ccc(C(=O)NCCCBr)c(C)n1. The van der Waals surface area contributed by atoms with Crippen molar-refractivity contribution in [3.8, 4) is 0 Å². The molecule has 0 saturated heterocycles. The summed E-state index contributed by atoms with van der Waals surface area (Å²) in [5, 5.41) is 3.75. The highest BCUT2D eigenvalue weighted by molar-refractivity contribution is 9.09. The molecule has 0 aliphatic carbocycles. The van der Waals surface area contributed by atoms with E-state index < -0.39 is 0 Å². The van der Waals surface area contributed by atoms with E-state index in [0.717, 1.165) is 23.1 Å². The number of hydrogen-bond donors (Lipinski definition) is 1. The molecular formula is C11H15BrN2O. The number of nitrogens with one attached hydrogen (secondary N) is 1. The summed E-state index contributed by atoms with van der Waals surface area (Å²) in [7, 11) is 0. The van der Waals surface area contributed by atoms with Crippen LogP contribution in [0.1, 0.15) is 28.2 Å². The number of rotatable bonds is 4. The van der Waals surface area contributed by atoms with Crippen LogP contribution in [0.3, 0.4) is 0 Å². The minimum Gasteiger partial charge on any atom is -0.352 e. The Morgan fingerprint density at radius 1 is 1.47 bits per heavy atom. The highest BCUT2D eigenvalue weighted by atomic mass is 79.9. The summed E-state index contributed by atoms with van der Waals surface area (Å²) in [6.07, 6.45) is 0.935. The third-order valence-electron chi connectivity index (χ3n) is 2.07. The van der Waals surface area contributed by atoms with E-state index in [9.17, 15) is 4.79 Å². The summed E-state index contributed by atoms with van der Waals surface area (Å²) in [5.41, 5.74) is 2.38. The van der Waals surface area contributed by atoms with E-state index in [-0.39, 0.29) is 5.91 Å². The van der Waals surface area contributed by atoms with E-state index in [4.69, 9.17) is 0 Å². The maximum Gasteiger partial charge on any atom is 0.253 e. The lowest BCUT2D eigenvalue weighted by atomic mass is 10.1. The maximum absolute atomic E-state index is 11.7. The first-order valence-electron chi connectivity index (χ1n) is 4.93. The van der Waals surface area contributed by atoms with Crippen molar-refractivity contribution in [2.45, 2.75) is 20.3 Å². The zero-order valence-corrected chi connectivity index (χ0v) is 10.6. The number of hydrogen-bond acceptors (Lipinski definition) is 2. The van der Waals surface area contributed by atoms with Crippen molar-refractivity contribution in [1.29, 1.82) is 0 Å². The summed E-state index contributed by atoms with van der Waals surface area (Å²) in [6.45, 7) is 4.46. The van der Waals surface area contributed by atoms with Crippen molar-refractivity contribution >= 4 is 21.8 Å². The number of nitrogens with zero attached hydrogens (tertiary/aromatic N) is 1. The van der Waals surface area contributed by atoms with Gasteiger partial charge in [-0.25, -0.2) is 0 Å². The molecule has 1 aromatic rings. The Balaban J connectivity index is 2.65. The zero-order valence-electron chi connectivity index (χ0n) is 9.01. The fourth-order valence-corrected chi connectivity index (χ4v) is 1.57. The van der Waals surface area contributed by atoms with E-state index in [1.165, 1.54) is 0 Å². The van der Waals surface area contributed by atoms with Crippen LogP contribution in [0.4, 0.5) is 0 Å². The Kier molecular flexibility index (Phi) is 4.75. The highest BCUT2D eigenvalue weighted by Gasteiger charge is 2.08. The molecule has 1 heterocycles. The Hall–Kier alpha value is -0.900. The van der Waals surface area contributed by atoms with Crippen LogP contribution in [-0.2, 0) is 0 Å². The summed E-state index contributed by atoms with van der Waals surface area (Å²) in [4.78, 5) is 15.9. The second-order valence-electron chi connectivity index (χ2n) is 3.38. The number of pyridine rings is 1. The predicted molar refractivity (Wildman–Crippen MR) is 64.5 cm³/mol. The van der Waals surface area contributed by atoms with Crippen molar-refractivity contribution in [1.82, 2.24) is 10.3 Å². The number of carbonyl (C=O) groups excluding carboxylic acids is 1. The molecule has 1 aromatic heterocycles. The molecule has 0 atom stereocenters. The third-order valence-corrected chi connectivity index (χ3v) is 2.63. The second-order valence-corrected chi connectivity index (χ2v) is 4.18. The summed E-state index contributed by atoms with van der Waals surface area (Å²) >= 11 is 3.32. The normalized spacial score (nSPS) is 10.1. The fourth-order valence-electron chi connectivity index (χ4n) is 1.29. The molecule has 1 rings (SSSR count). The van der Waals surface area contributed by atoms with E-state index in [2.05, 4.69) is 26.2 Å². The third kappa shape index (κ3) is 3.63. The van der Waals surface area contributed by atoms with Crippen molar-refractivity contribution in [2.24, 2.45) is 0 Å². The number of aromatic nitrogens is 1. The molecular weight excluding hydrogens is 256 g/mol. The number of aryl methyl sites for hydroxylation is 2. The van der Waals surface area contributed by atoms with Crippen LogP contribution in [0.25, 0.3) is 0 Å². The molecule has 0 unspecified atom stereocenters. The molecule has 0 radical (unpaired) electrons. The number of amides is 1. The molecule has 0 aliphatic heterocycles. The van der Waals surface area contributed by atoms with Gasteiger partial charge in [-0.15, -0.1) is 0 Å². The molecule has 0 fully saturated rings. The number of halogens is 1. The average Bonchev–Trinajstić information content (AvgIpc) is 2.17. The Morgan fingerprint density at radius 3 is 2.80 bits per heavy atom. The van der Waals surface area contributed by atoms with Crippen molar-refractivity contribution < 1.29 is 4.79 Å². The van der Waals surface area contributed by atoms with Crippen LogP contribution < -0.4 is 5.32 Å². The van der Waals surface area contributed by atoms with Gasteiger partial charge in [0.25, 0.3) is 5.91 Å². The highest BCUT2D eigenvalue weighted by Crippen LogP contribution is 2.06. The van der Waals surface area contributed by atoms with Gasteiger partial charge >= 0.3 is 0 Å². The molecule has 1 N–H and O–H groups in total. The number of carbonyl (C=O) groups is 1. The summed E-state index contributed by atoms with van der Waals surface area (Å²) in [6, 6.07) is 3.67.